The summed E-state index contributed by atoms with van der Waals surface area (Å²) in [6, 6.07) is 0. The maximum Gasteiger partial charge on any atom is 0.352 e. The molecule has 0 aliphatic heterocycles. The second-order valence-electron chi connectivity index (χ2n) is 5.60. The van der Waals surface area contributed by atoms with Gasteiger partial charge in [-0.1, -0.05) is 13.8 Å². The number of hydrogen-bond donors (Lipinski definition) is 3. The summed E-state index contributed by atoms with van der Waals surface area (Å²) in [7, 11) is 0. The van der Waals surface area contributed by atoms with E-state index in [9.17, 15) is 9.90 Å². The van der Waals surface area contributed by atoms with E-state index in [2.05, 4.69) is 30.7 Å². The Labute approximate surface area is 125 Å². The van der Waals surface area contributed by atoms with Crippen molar-refractivity contribution in [3.05, 3.63) is 45.0 Å². The third-order valence-corrected chi connectivity index (χ3v) is 4.45. The van der Waals surface area contributed by atoms with Crippen LogP contribution in [0.2, 0.25) is 0 Å². The first-order valence-electron chi connectivity index (χ1n) is 7.51. The van der Waals surface area contributed by atoms with E-state index in [0.717, 1.165) is 36.1 Å². The first-order valence-corrected chi connectivity index (χ1v) is 7.51. The molecule has 0 aliphatic rings. The minimum atomic E-state index is -0.880. The molecule has 0 radical (unpaired) electrons. The van der Waals surface area contributed by atoms with Crippen molar-refractivity contribution in [1.82, 2.24) is 9.97 Å². The minimum absolute atomic E-state index is 0.335. The zero-order valence-electron chi connectivity index (χ0n) is 13.5. The lowest BCUT2D eigenvalue weighted by Gasteiger charge is -2.02. The molecule has 0 atom stereocenters. The van der Waals surface area contributed by atoms with Gasteiger partial charge in [-0.05, 0) is 55.9 Å². The van der Waals surface area contributed by atoms with Gasteiger partial charge in [-0.2, -0.15) is 0 Å². The highest BCUT2D eigenvalue weighted by atomic mass is 16.4. The third kappa shape index (κ3) is 2.62. The Morgan fingerprint density at radius 1 is 0.952 bits per heavy atom. The molecule has 0 unspecified atom stereocenters. The molecule has 2 aromatic rings. The highest BCUT2D eigenvalue weighted by molar-refractivity contribution is 5.88. The van der Waals surface area contributed by atoms with Crippen LogP contribution >= 0.6 is 0 Å². The van der Waals surface area contributed by atoms with E-state index in [-0.39, 0.29) is 0 Å². The van der Waals surface area contributed by atoms with E-state index in [1.807, 2.05) is 13.8 Å². The van der Waals surface area contributed by atoms with Crippen molar-refractivity contribution in [3.8, 4) is 0 Å². The number of carboxylic acid groups (broad SMARTS) is 1. The summed E-state index contributed by atoms with van der Waals surface area (Å²) in [6.45, 7) is 10.4. The second-order valence-corrected chi connectivity index (χ2v) is 5.60. The number of aryl methyl sites for hydroxylation is 1. The van der Waals surface area contributed by atoms with Gasteiger partial charge in [-0.3, -0.25) is 0 Å². The molecule has 4 nitrogen and oxygen atoms in total. The lowest BCUT2D eigenvalue weighted by Crippen LogP contribution is -2.01. The van der Waals surface area contributed by atoms with Crippen molar-refractivity contribution in [1.29, 1.82) is 0 Å². The van der Waals surface area contributed by atoms with Crippen LogP contribution in [-0.2, 0) is 19.3 Å². The summed E-state index contributed by atoms with van der Waals surface area (Å²) < 4.78 is 0. The van der Waals surface area contributed by atoms with Gasteiger partial charge < -0.3 is 15.1 Å². The lowest BCUT2D eigenvalue weighted by molar-refractivity contribution is 0.0690. The number of carboxylic acids is 1. The van der Waals surface area contributed by atoms with Gasteiger partial charge in [0.1, 0.15) is 5.69 Å². The van der Waals surface area contributed by atoms with Gasteiger partial charge in [0.15, 0.2) is 0 Å². The summed E-state index contributed by atoms with van der Waals surface area (Å²) >= 11 is 0. The molecule has 0 spiro atoms. The molecule has 2 heterocycles. The first-order chi connectivity index (χ1) is 9.90. The second kappa shape index (κ2) is 5.80. The maximum absolute atomic E-state index is 11.3. The summed E-state index contributed by atoms with van der Waals surface area (Å²) in [4.78, 5) is 17.9. The summed E-state index contributed by atoms with van der Waals surface area (Å²) in [5.41, 5.74) is 8.35. The SMILES string of the molecule is CCc1c(C)[nH]c(Cc2[nH]c(C(=O)O)c(CC)c2C)c1C. The van der Waals surface area contributed by atoms with Crippen LogP contribution in [0.25, 0.3) is 0 Å². The zero-order valence-corrected chi connectivity index (χ0v) is 13.5. The fourth-order valence-electron chi connectivity index (χ4n) is 3.23. The zero-order chi connectivity index (χ0) is 15.7. The fraction of sp³-hybridized carbons (Fsp3) is 0.471. The molecule has 0 saturated carbocycles. The van der Waals surface area contributed by atoms with Gasteiger partial charge in [0.2, 0.25) is 0 Å². The summed E-state index contributed by atoms with van der Waals surface area (Å²) in [5.74, 6) is -0.880. The van der Waals surface area contributed by atoms with Crippen molar-refractivity contribution < 1.29 is 9.90 Å². The first kappa shape index (κ1) is 15.4. The predicted molar refractivity (Wildman–Crippen MR) is 84.3 cm³/mol. The Balaban J connectivity index is 2.43. The normalized spacial score (nSPS) is 11.1. The van der Waals surface area contributed by atoms with Crippen molar-refractivity contribution in [3.63, 3.8) is 0 Å². The van der Waals surface area contributed by atoms with E-state index >= 15 is 0 Å². The molecular weight excluding hydrogens is 264 g/mol. The predicted octanol–water partition coefficient (Wildman–Crippen LogP) is 3.68. The molecule has 114 valence electrons. The van der Waals surface area contributed by atoms with Crippen LogP contribution in [0.1, 0.15) is 63.7 Å². The molecule has 0 aliphatic carbocycles. The molecule has 21 heavy (non-hydrogen) atoms. The van der Waals surface area contributed by atoms with Gasteiger partial charge >= 0.3 is 5.97 Å². The third-order valence-electron chi connectivity index (χ3n) is 4.45. The molecule has 0 amide bonds. The minimum Gasteiger partial charge on any atom is -0.477 e. The number of H-pyrrole nitrogens is 2. The monoisotopic (exact) mass is 288 g/mol. The standard InChI is InChI=1S/C17H24N2O2/c1-6-12-9(3)14(18-11(12)5)8-15-10(4)13(7-2)16(19-15)17(20)21/h18-19H,6-8H2,1-5H3,(H,20,21). The van der Waals surface area contributed by atoms with Gasteiger partial charge in [0.25, 0.3) is 0 Å². The molecule has 4 heteroatoms. The highest BCUT2D eigenvalue weighted by Crippen LogP contribution is 2.25. The average molecular weight is 288 g/mol. The highest BCUT2D eigenvalue weighted by Gasteiger charge is 2.19. The molecule has 0 fully saturated rings. The molecule has 0 bridgehead atoms. The van der Waals surface area contributed by atoms with Crippen molar-refractivity contribution in [2.24, 2.45) is 0 Å². The number of carbonyl (C=O) groups is 1. The van der Waals surface area contributed by atoms with Gasteiger partial charge in [-0.15, -0.1) is 0 Å². The number of aromatic carboxylic acids is 1. The molecule has 2 aromatic heterocycles. The molecule has 2 rings (SSSR count). The van der Waals surface area contributed by atoms with Crippen LogP contribution in [0.5, 0.6) is 0 Å². The van der Waals surface area contributed by atoms with Crippen molar-refractivity contribution in [2.75, 3.05) is 0 Å². The number of nitrogens with one attached hydrogen (secondary N) is 2. The van der Waals surface area contributed by atoms with E-state index < -0.39 is 5.97 Å². The van der Waals surface area contributed by atoms with E-state index in [0.29, 0.717) is 5.69 Å². The van der Waals surface area contributed by atoms with Crippen LogP contribution in [0.3, 0.4) is 0 Å². The Kier molecular flexibility index (Phi) is 4.26. The van der Waals surface area contributed by atoms with Crippen LogP contribution < -0.4 is 0 Å². The average Bonchev–Trinajstić information content (AvgIpc) is 2.88. The fourth-order valence-corrected chi connectivity index (χ4v) is 3.23. The van der Waals surface area contributed by atoms with E-state index in [4.69, 9.17) is 0 Å². The Morgan fingerprint density at radius 3 is 1.90 bits per heavy atom. The maximum atomic E-state index is 11.3. The smallest absolute Gasteiger partial charge is 0.352 e. The van der Waals surface area contributed by atoms with Crippen LogP contribution in [-0.4, -0.2) is 21.0 Å². The van der Waals surface area contributed by atoms with E-state index in [1.165, 1.54) is 22.5 Å². The Morgan fingerprint density at radius 2 is 1.48 bits per heavy atom. The summed E-state index contributed by atoms with van der Waals surface area (Å²) in [6.07, 6.45) is 2.46. The Bertz CT molecular complexity index is 678. The molecule has 3 N–H and O–H groups in total. The largest absolute Gasteiger partial charge is 0.477 e. The Hall–Kier alpha value is -1.97. The number of hydrogen-bond acceptors (Lipinski definition) is 1. The molecular formula is C17H24N2O2. The van der Waals surface area contributed by atoms with Crippen molar-refractivity contribution >= 4 is 5.97 Å². The van der Waals surface area contributed by atoms with Gasteiger partial charge in [-0.25, -0.2) is 4.79 Å². The number of aromatic nitrogens is 2. The van der Waals surface area contributed by atoms with E-state index in [1.54, 1.807) is 0 Å². The van der Waals surface area contributed by atoms with Crippen LogP contribution in [0, 0.1) is 20.8 Å². The van der Waals surface area contributed by atoms with Gasteiger partial charge in [0.05, 0.1) is 0 Å². The number of aromatic amines is 2. The molecule has 0 aromatic carbocycles. The summed E-state index contributed by atoms with van der Waals surface area (Å²) in [5, 5.41) is 9.30. The topological polar surface area (TPSA) is 68.9 Å². The van der Waals surface area contributed by atoms with Gasteiger partial charge in [0, 0.05) is 23.5 Å². The van der Waals surface area contributed by atoms with Crippen LogP contribution in [0.4, 0.5) is 0 Å². The number of rotatable bonds is 5. The van der Waals surface area contributed by atoms with Crippen LogP contribution in [0.15, 0.2) is 0 Å². The van der Waals surface area contributed by atoms with Crippen molar-refractivity contribution in [2.45, 2.75) is 53.9 Å². The quantitative estimate of drug-likeness (QED) is 0.785. The lowest BCUT2D eigenvalue weighted by atomic mass is 10.0. The molecule has 0 saturated heterocycles.